The second-order valence-corrected chi connectivity index (χ2v) is 7.08. The SMILES string of the molecule is C=C(CN)N[C@H](C(=C)N1C[C@H](C)CC1C)C(C)(C)C. The zero-order valence-electron chi connectivity index (χ0n) is 13.3. The summed E-state index contributed by atoms with van der Waals surface area (Å²) in [7, 11) is 0. The lowest BCUT2D eigenvalue weighted by atomic mass is 9.84. The molecule has 1 heterocycles. The lowest BCUT2D eigenvalue weighted by Gasteiger charge is -2.40. The van der Waals surface area contributed by atoms with Gasteiger partial charge >= 0.3 is 0 Å². The van der Waals surface area contributed by atoms with E-state index >= 15 is 0 Å². The smallest absolute Gasteiger partial charge is 0.0701 e. The van der Waals surface area contributed by atoms with Gasteiger partial charge in [0.1, 0.15) is 0 Å². The predicted octanol–water partition coefficient (Wildman–Crippen LogP) is 2.71. The van der Waals surface area contributed by atoms with Gasteiger partial charge < -0.3 is 16.0 Å². The molecule has 0 bridgehead atoms. The first-order valence-electron chi connectivity index (χ1n) is 7.26. The molecular weight excluding hydrogens is 234 g/mol. The van der Waals surface area contributed by atoms with Crippen molar-refractivity contribution in [3.63, 3.8) is 0 Å². The van der Waals surface area contributed by atoms with Crippen LogP contribution in [0.1, 0.15) is 41.0 Å². The van der Waals surface area contributed by atoms with Crippen LogP contribution < -0.4 is 11.1 Å². The van der Waals surface area contributed by atoms with Crippen molar-refractivity contribution in [2.24, 2.45) is 17.1 Å². The van der Waals surface area contributed by atoms with Gasteiger partial charge in [0.15, 0.2) is 0 Å². The van der Waals surface area contributed by atoms with E-state index in [4.69, 9.17) is 5.73 Å². The van der Waals surface area contributed by atoms with E-state index in [0.29, 0.717) is 12.6 Å². The normalized spacial score (nSPS) is 25.3. The summed E-state index contributed by atoms with van der Waals surface area (Å²) in [5.74, 6) is 0.741. The molecule has 1 unspecified atom stereocenters. The highest BCUT2D eigenvalue weighted by atomic mass is 15.2. The molecule has 0 aromatic heterocycles. The van der Waals surface area contributed by atoms with E-state index in [1.54, 1.807) is 0 Å². The van der Waals surface area contributed by atoms with Gasteiger partial charge in [0.25, 0.3) is 0 Å². The van der Waals surface area contributed by atoms with Gasteiger partial charge in [0.05, 0.1) is 6.04 Å². The van der Waals surface area contributed by atoms with Crippen molar-refractivity contribution in [3.05, 3.63) is 24.6 Å². The monoisotopic (exact) mass is 265 g/mol. The molecule has 3 nitrogen and oxygen atoms in total. The maximum absolute atomic E-state index is 5.66. The van der Waals surface area contributed by atoms with Crippen molar-refractivity contribution in [1.29, 1.82) is 0 Å². The summed E-state index contributed by atoms with van der Waals surface area (Å²) in [6, 6.07) is 0.747. The minimum atomic E-state index is 0.0841. The number of nitrogens with zero attached hydrogens (tertiary/aromatic N) is 1. The Morgan fingerprint density at radius 2 is 1.95 bits per heavy atom. The second-order valence-electron chi connectivity index (χ2n) is 7.08. The van der Waals surface area contributed by atoms with Crippen LogP contribution in [-0.4, -0.2) is 30.1 Å². The highest BCUT2D eigenvalue weighted by molar-refractivity contribution is 5.15. The van der Waals surface area contributed by atoms with Crippen LogP contribution in [0.5, 0.6) is 0 Å². The fourth-order valence-corrected chi connectivity index (χ4v) is 2.93. The van der Waals surface area contributed by atoms with Crippen molar-refractivity contribution in [3.8, 4) is 0 Å². The Kier molecular flexibility index (Phi) is 5.08. The van der Waals surface area contributed by atoms with Gasteiger partial charge in [-0.1, -0.05) is 40.9 Å². The fourth-order valence-electron chi connectivity index (χ4n) is 2.93. The summed E-state index contributed by atoms with van der Waals surface area (Å²) in [6.45, 7) is 21.2. The lowest BCUT2D eigenvalue weighted by molar-refractivity contribution is 0.233. The molecule has 0 amide bonds. The minimum Gasteiger partial charge on any atom is -0.379 e. The number of nitrogens with one attached hydrogen (secondary N) is 1. The highest BCUT2D eigenvalue weighted by Crippen LogP contribution is 2.32. The van der Waals surface area contributed by atoms with Crippen LogP contribution in [0.15, 0.2) is 24.6 Å². The largest absolute Gasteiger partial charge is 0.379 e. The Morgan fingerprint density at radius 3 is 2.32 bits per heavy atom. The van der Waals surface area contributed by atoms with Crippen LogP contribution in [0.2, 0.25) is 0 Å². The molecule has 0 aromatic rings. The Labute approximate surface area is 118 Å². The van der Waals surface area contributed by atoms with Crippen molar-refractivity contribution < 1.29 is 0 Å². The van der Waals surface area contributed by atoms with Gasteiger partial charge in [-0.05, 0) is 24.7 Å². The van der Waals surface area contributed by atoms with Gasteiger partial charge in [-0.25, -0.2) is 0 Å². The molecule has 0 saturated carbocycles. The average molecular weight is 265 g/mol. The molecule has 1 aliphatic rings. The molecule has 1 fully saturated rings. The van der Waals surface area contributed by atoms with E-state index in [9.17, 15) is 0 Å². The molecule has 1 saturated heterocycles. The third kappa shape index (κ3) is 4.00. The van der Waals surface area contributed by atoms with Crippen LogP contribution in [0.4, 0.5) is 0 Å². The maximum atomic E-state index is 5.66. The van der Waals surface area contributed by atoms with E-state index in [1.807, 2.05) is 0 Å². The molecule has 0 radical (unpaired) electrons. The van der Waals surface area contributed by atoms with E-state index < -0.39 is 0 Å². The second kappa shape index (κ2) is 6.00. The summed E-state index contributed by atoms with van der Waals surface area (Å²) in [5.41, 5.74) is 7.79. The Balaban J connectivity index is 2.86. The summed E-state index contributed by atoms with van der Waals surface area (Å²) in [5, 5.41) is 3.46. The Morgan fingerprint density at radius 1 is 1.37 bits per heavy atom. The molecule has 0 aliphatic carbocycles. The van der Waals surface area contributed by atoms with Crippen LogP contribution >= 0.6 is 0 Å². The van der Waals surface area contributed by atoms with Gasteiger partial charge in [-0.15, -0.1) is 0 Å². The topological polar surface area (TPSA) is 41.3 Å². The molecule has 1 aliphatic heterocycles. The number of nitrogens with two attached hydrogens (primary N) is 1. The van der Waals surface area contributed by atoms with Crippen molar-refractivity contribution in [2.45, 2.75) is 53.1 Å². The van der Waals surface area contributed by atoms with E-state index in [-0.39, 0.29) is 11.5 Å². The van der Waals surface area contributed by atoms with Crippen LogP contribution in [-0.2, 0) is 0 Å². The standard InChI is InChI=1S/C16H31N3/c1-11-8-13(3)19(10-11)14(4)15(16(5,6)7)18-12(2)9-17/h11,13,15,18H,2,4,8-10,17H2,1,3,5-7H3/t11-,13?,15-/m1/s1. The number of likely N-dealkylation sites (tertiary alicyclic amines) is 1. The fraction of sp³-hybridized carbons (Fsp3) is 0.750. The molecule has 0 spiro atoms. The molecule has 3 atom stereocenters. The average Bonchev–Trinajstić information content (AvgIpc) is 2.62. The zero-order valence-corrected chi connectivity index (χ0v) is 13.3. The van der Waals surface area contributed by atoms with Gasteiger partial charge in [0.2, 0.25) is 0 Å². The van der Waals surface area contributed by atoms with Gasteiger partial charge in [-0.3, -0.25) is 0 Å². The minimum absolute atomic E-state index is 0.0841. The summed E-state index contributed by atoms with van der Waals surface area (Å²) >= 11 is 0. The predicted molar refractivity (Wildman–Crippen MR) is 83.7 cm³/mol. The summed E-state index contributed by atoms with van der Waals surface area (Å²) in [6.07, 6.45) is 1.24. The van der Waals surface area contributed by atoms with Gasteiger partial charge in [0, 0.05) is 30.5 Å². The Hall–Kier alpha value is -0.960. The maximum Gasteiger partial charge on any atom is 0.0701 e. The molecule has 19 heavy (non-hydrogen) atoms. The number of hydrogen-bond acceptors (Lipinski definition) is 3. The summed E-state index contributed by atoms with van der Waals surface area (Å²) in [4.78, 5) is 2.44. The molecule has 110 valence electrons. The Bertz CT molecular complexity index is 340. The van der Waals surface area contributed by atoms with Crippen molar-refractivity contribution >= 4 is 0 Å². The highest BCUT2D eigenvalue weighted by Gasteiger charge is 2.35. The van der Waals surface area contributed by atoms with Gasteiger partial charge in [-0.2, -0.15) is 0 Å². The first-order chi connectivity index (χ1) is 8.66. The first kappa shape index (κ1) is 16.1. The number of rotatable bonds is 5. The van der Waals surface area contributed by atoms with E-state index in [1.165, 1.54) is 12.1 Å². The number of hydrogen-bond donors (Lipinski definition) is 2. The molecule has 3 N–H and O–H groups in total. The molecule has 1 rings (SSSR count). The van der Waals surface area contributed by atoms with Crippen LogP contribution in [0.25, 0.3) is 0 Å². The molecule has 0 aromatic carbocycles. The van der Waals surface area contributed by atoms with E-state index in [0.717, 1.165) is 18.2 Å². The first-order valence-corrected chi connectivity index (χ1v) is 7.26. The molecular formula is C16H31N3. The quantitative estimate of drug-likeness (QED) is 0.803. The van der Waals surface area contributed by atoms with E-state index in [2.05, 4.69) is 58.0 Å². The lowest BCUT2D eigenvalue weighted by Crippen LogP contribution is -2.47. The molecule has 3 heteroatoms. The third-order valence-electron chi connectivity index (χ3n) is 3.95. The summed E-state index contributed by atoms with van der Waals surface area (Å²) < 4.78 is 0. The zero-order chi connectivity index (χ0) is 14.8. The van der Waals surface area contributed by atoms with Crippen LogP contribution in [0, 0.1) is 11.3 Å². The van der Waals surface area contributed by atoms with Crippen molar-refractivity contribution in [2.75, 3.05) is 13.1 Å². The van der Waals surface area contributed by atoms with Crippen molar-refractivity contribution in [1.82, 2.24) is 10.2 Å². The van der Waals surface area contributed by atoms with Crippen LogP contribution in [0.3, 0.4) is 0 Å². The third-order valence-corrected chi connectivity index (χ3v) is 3.95.